The van der Waals surface area contributed by atoms with Gasteiger partial charge in [0.2, 0.25) is 0 Å². The molecule has 0 bridgehead atoms. The minimum absolute atomic E-state index is 0.202. The molecule has 0 amide bonds. The minimum atomic E-state index is -0.202. The second kappa shape index (κ2) is 4.53. The quantitative estimate of drug-likeness (QED) is 0.881. The van der Waals surface area contributed by atoms with E-state index < -0.39 is 0 Å². The van der Waals surface area contributed by atoms with E-state index in [1.165, 1.54) is 0 Å². The number of aryl methyl sites for hydroxylation is 1. The van der Waals surface area contributed by atoms with Crippen LogP contribution in [0.1, 0.15) is 30.1 Å². The van der Waals surface area contributed by atoms with Gasteiger partial charge in [-0.1, -0.05) is 6.07 Å². The van der Waals surface area contributed by atoms with Crippen LogP contribution in [0.15, 0.2) is 30.7 Å². The van der Waals surface area contributed by atoms with Gasteiger partial charge in [0.15, 0.2) is 0 Å². The molecule has 0 radical (unpaired) electrons. The molecule has 1 saturated heterocycles. The van der Waals surface area contributed by atoms with Crippen molar-refractivity contribution >= 4 is 0 Å². The summed E-state index contributed by atoms with van der Waals surface area (Å²) in [6, 6.07) is 5.57. The van der Waals surface area contributed by atoms with Gasteiger partial charge < -0.3 is 5.32 Å². The van der Waals surface area contributed by atoms with Gasteiger partial charge in [-0.15, -0.1) is 0 Å². The molecular formula is C14H16FN3. The van der Waals surface area contributed by atoms with E-state index in [-0.39, 0.29) is 11.9 Å². The molecular weight excluding hydrogens is 229 g/mol. The van der Waals surface area contributed by atoms with Gasteiger partial charge >= 0.3 is 0 Å². The standard InChI is InChI=1S/C14H16FN3/c1-10-4-5-13(11(15)7-10)18-9-16-8-14(18)12-3-2-6-17-12/h4-5,7-9,12,17H,2-3,6H2,1H3/t12-/m0/s1. The summed E-state index contributed by atoms with van der Waals surface area (Å²) in [6.45, 7) is 2.91. The zero-order chi connectivity index (χ0) is 12.5. The molecule has 3 rings (SSSR count). The van der Waals surface area contributed by atoms with Crippen LogP contribution in [0.5, 0.6) is 0 Å². The normalized spacial score (nSPS) is 19.3. The van der Waals surface area contributed by atoms with Crippen molar-refractivity contribution in [1.29, 1.82) is 0 Å². The molecule has 18 heavy (non-hydrogen) atoms. The lowest BCUT2D eigenvalue weighted by Gasteiger charge is -2.14. The Morgan fingerprint density at radius 2 is 2.33 bits per heavy atom. The van der Waals surface area contributed by atoms with E-state index in [0.717, 1.165) is 30.6 Å². The van der Waals surface area contributed by atoms with Gasteiger partial charge in [0.25, 0.3) is 0 Å². The number of halogens is 1. The van der Waals surface area contributed by atoms with Crippen molar-refractivity contribution in [3.8, 4) is 5.69 Å². The lowest BCUT2D eigenvalue weighted by Crippen LogP contribution is -2.16. The second-order valence-corrected chi connectivity index (χ2v) is 4.79. The summed E-state index contributed by atoms with van der Waals surface area (Å²) < 4.78 is 15.9. The number of benzene rings is 1. The maximum absolute atomic E-state index is 14.0. The van der Waals surface area contributed by atoms with Crippen LogP contribution in [0, 0.1) is 12.7 Å². The molecule has 1 aliphatic heterocycles. The first-order valence-electron chi connectivity index (χ1n) is 6.28. The Morgan fingerprint density at radius 1 is 1.44 bits per heavy atom. The highest BCUT2D eigenvalue weighted by Gasteiger charge is 2.21. The molecule has 1 atom stereocenters. The molecule has 94 valence electrons. The number of hydrogen-bond donors (Lipinski definition) is 1. The topological polar surface area (TPSA) is 29.9 Å². The molecule has 2 aromatic rings. The van der Waals surface area contributed by atoms with Crippen LogP contribution in [-0.4, -0.2) is 16.1 Å². The molecule has 1 aromatic carbocycles. The molecule has 1 aromatic heterocycles. The largest absolute Gasteiger partial charge is 0.309 e. The maximum Gasteiger partial charge on any atom is 0.147 e. The van der Waals surface area contributed by atoms with E-state index in [2.05, 4.69) is 10.3 Å². The Bertz CT molecular complexity index is 556. The third-order valence-corrected chi connectivity index (χ3v) is 3.45. The Kier molecular flexibility index (Phi) is 2.88. The molecule has 1 fully saturated rings. The number of rotatable bonds is 2. The van der Waals surface area contributed by atoms with Crippen molar-refractivity contribution in [2.45, 2.75) is 25.8 Å². The summed E-state index contributed by atoms with van der Waals surface area (Å²) >= 11 is 0. The fourth-order valence-corrected chi connectivity index (χ4v) is 2.51. The van der Waals surface area contributed by atoms with E-state index in [1.807, 2.05) is 29.8 Å². The van der Waals surface area contributed by atoms with Crippen molar-refractivity contribution in [1.82, 2.24) is 14.9 Å². The van der Waals surface area contributed by atoms with Crippen molar-refractivity contribution < 1.29 is 4.39 Å². The zero-order valence-corrected chi connectivity index (χ0v) is 10.4. The van der Waals surface area contributed by atoms with Crippen LogP contribution in [0.2, 0.25) is 0 Å². The SMILES string of the molecule is Cc1ccc(-n2cncc2[C@@H]2CCCN2)c(F)c1. The molecule has 0 unspecified atom stereocenters. The second-order valence-electron chi connectivity index (χ2n) is 4.79. The van der Waals surface area contributed by atoms with Gasteiger partial charge in [-0.05, 0) is 44.0 Å². The fourth-order valence-electron chi connectivity index (χ4n) is 2.51. The van der Waals surface area contributed by atoms with Gasteiger partial charge in [-0.2, -0.15) is 0 Å². The summed E-state index contributed by atoms with van der Waals surface area (Å²) in [4.78, 5) is 4.16. The van der Waals surface area contributed by atoms with Crippen LogP contribution in [0.4, 0.5) is 4.39 Å². The molecule has 0 spiro atoms. The third-order valence-electron chi connectivity index (χ3n) is 3.45. The van der Waals surface area contributed by atoms with Gasteiger partial charge in [0.05, 0.1) is 23.9 Å². The Labute approximate surface area is 106 Å². The van der Waals surface area contributed by atoms with Gasteiger partial charge in [-0.3, -0.25) is 4.57 Å². The van der Waals surface area contributed by atoms with E-state index >= 15 is 0 Å². The lowest BCUT2D eigenvalue weighted by atomic mass is 10.1. The van der Waals surface area contributed by atoms with Crippen molar-refractivity contribution in [3.63, 3.8) is 0 Å². The van der Waals surface area contributed by atoms with Gasteiger partial charge in [0.1, 0.15) is 5.82 Å². The molecule has 1 N–H and O–H groups in total. The highest BCUT2D eigenvalue weighted by atomic mass is 19.1. The smallest absolute Gasteiger partial charge is 0.147 e. The molecule has 4 heteroatoms. The van der Waals surface area contributed by atoms with Gasteiger partial charge in [-0.25, -0.2) is 9.37 Å². The van der Waals surface area contributed by atoms with E-state index in [4.69, 9.17) is 0 Å². The zero-order valence-electron chi connectivity index (χ0n) is 10.4. The number of nitrogens with one attached hydrogen (secondary N) is 1. The first kappa shape index (κ1) is 11.4. The molecule has 0 aliphatic carbocycles. The Hall–Kier alpha value is -1.68. The number of aromatic nitrogens is 2. The number of nitrogens with zero attached hydrogens (tertiary/aromatic N) is 2. The minimum Gasteiger partial charge on any atom is -0.309 e. The summed E-state index contributed by atoms with van der Waals surface area (Å²) in [5.41, 5.74) is 2.54. The van der Waals surface area contributed by atoms with E-state index in [1.54, 1.807) is 12.4 Å². The van der Waals surface area contributed by atoms with E-state index in [0.29, 0.717) is 5.69 Å². The predicted octanol–water partition coefficient (Wildman–Crippen LogP) is 2.74. The Morgan fingerprint density at radius 3 is 3.06 bits per heavy atom. The number of imidazole rings is 1. The average molecular weight is 245 g/mol. The average Bonchev–Trinajstić information content (AvgIpc) is 2.98. The molecule has 0 saturated carbocycles. The monoisotopic (exact) mass is 245 g/mol. The van der Waals surface area contributed by atoms with Crippen LogP contribution in [0.25, 0.3) is 5.69 Å². The first-order valence-corrected chi connectivity index (χ1v) is 6.28. The summed E-state index contributed by atoms with van der Waals surface area (Å²) in [7, 11) is 0. The van der Waals surface area contributed by atoms with Crippen LogP contribution in [-0.2, 0) is 0 Å². The predicted molar refractivity (Wildman–Crippen MR) is 68.2 cm³/mol. The van der Waals surface area contributed by atoms with Gasteiger partial charge in [0, 0.05) is 6.04 Å². The summed E-state index contributed by atoms with van der Waals surface area (Å²) in [5, 5.41) is 3.42. The maximum atomic E-state index is 14.0. The van der Waals surface area contributed by atoms with Crippen molar-refractivity contribution in [3.05, 3.63) is 47.8 Å². The Balaban J connectivity index is 2.03. The molecule has 1 aliphatic rings. The van der Waals surface area contributed by atoms with Crippen LogP contribution >= 0.6 is 0 Å². The number of hydrogen-bond acceptors (Lipinski definition) is 2. The van der Waals surface area contributed by atoms with E-state index in [9.17, 15) is 4.39 Å². The lowest BCUT2D eigenvalue weighted by molar-refractivity contribution is 0.590. The highest BCUT2D eigenvalue weighted by molar-refractivity contribution is 5.38. The van der Waals surface area contributed by atoms with Crippen molar-refractivity contribution in [2.24, 2.45) is 0 Å². The molecule has 2 heterocycles. The van der Waals surface area contributed by atoms with Crippen LogP contribution in [0.3, 0.4) is 0 Å². The summed E-state index contributed by atoms with van der Waals surface area (Å²) in [5.74, 6) is -0.202. The van der Waals surface area contributed by atoms with Crippen molar-refractivity contribution in [2.75, 3.05) is 6.54 Å². The fraction of sp³-hybridized carbons (Fsp3) is 0.357. The van der Waals surface area contributed by atoms with Crippen LogP contribution < -0.4 is 5.32 Å². The third kappa shape index (κ3) is 1.93. The molecule has 3 nitrogen and oxygen atoms in total. The first-order chi connectivity index (χ1) is 8.75. The summed E-state index contributed by atoms with van der Waals surface area (Å²) in [6.07, 6.45) is 5.75. The highest BCUT2D eigenvalue weighted by Crippen LogP contribution is 2.26.